The number of alkyl halides is 2. The van der Waals surface area contributed by atoms with Crippen molar-refractivity contribution in [3.05, 3.63) is 0 Å². The predicted molar refractivity (Wildman–Crippen MR) is 37.6 cm³/mol. The Morgan fingerprint density at radius 3 is 2.55 bits per heavy atom. The number of carbonyl (C=O) groups excluding carboxylic acids is 1. The fourth-order valence-electron chi connectivity index (χ4n) is 0.538. The summed E-state index contributed by atoms with van der Waals surface area (Å²) in [6.45, 7) is 1.83. The van der Waals surface area contributed by atoms with Crippen LogP contribution >= 0.6 is 0 Å². The van der Waals surface area contributed by atoms with Crippen molar-refractivity contribution in [2.75, 3.05) is 19.6 Å². The summed E-state index contributed by atoms with van der Waals surface area (Å²) in [5.74, 6) is -0.149. The molecule has 66 valence electrons. The van der Waals surface area contributed by atoms with E-state index in [1.807, 2.05) is 0 Å². The maximum atomic E-state index is 11.5. The van der Waals surface area contributed by atoms with Gasteiger partial charge in [-0.05, 0) is 0 Å². The van der Waals surface area contributed by atoms with Crippen LogP contribution in [0, 0.1) is 0 Å². The number of rotatable bonds is 5. The molecule has 3 nitrogen and oxygen atoms in total. The van der Waals surface area contributed by atoms with Gasteiger partial charge in [0, 0.05) is 20.0 Å². The molecule has 0 aliphatic carbocycles. The topological polar surface area (TPSA) is 41.1 Å². The van der Waals surface area contributed by atoms with Gasteiger partial charge in [-0.25, -0.2) is 8.78 Å². The van der Waals surface area contributed by atoms with Gasteiger partial charge in [0.1, 0.15) is 0 Å². The van der Waals surface area contributed by atoms with E-state index in [1.54, 1.807) is 0 Å². The van der Waals surface area contributed by atoms with Gasteiger partial charge in [0.25, 0.3) is 6.43 Å². The largest absolute Gasteiger partial charge is 0.355 e. The Hall–Kier alpha value is -0.710. The molecule has 0 aromatic carbocycles. The lowest BCUT2D eigenvalue weighted by atomic mass is 10.5. The van der Waals surface area contributed by atoms with E-state index in [0.717, 1.165) is 0 Å². The SMILES string of the molecule is CC(=O)NCCNCC(F)F. The molecule has 0 saturated carbocycles. The van der Waals surface area contributed by atoms with Crippen molar-refractivity contribution in [1.82, 2.24) is 10.6 Å². The lowest BCUT2D eigenvalue weighted by Gasteiger charge is -2.03. The second-order valence-electron chi connectivity index (χ2n) is 2.08. The molecular formula is C6H12F2N2O. The number of hydrogen-bond donors (Lipinski definition) is 2. The highest BCUT2D eigenvalue weighted by Crippen LogP contribution is 1.86. The minimum Gasteiger partial charge on any atom is -0.355 e. The zero-order valence-corrected chi connectivity index (χ0v) is 6.36. The second-order valence-corrected chi connectivity index (χ2v) is 2.08. The molecule has 0 radical (unpaired) electrons. The van der Waals surface area contributed by atoms with Crippen molar-refractivity contribution in [3.63, 3.8) is 0 Å². The van der Waals surface area contributed by atoms with Crippen LogP contribution in [-0.2, 0) is 4.79 Å². The third-order valence-electron chi connectivity index (χ3n) is 0.974. The molecule has 0 aromatic rings. The highest BCUT2D eigenvalue weighted by Gasteiger charge is 1.99. The number of amides is 1. The Morgan fingerprint density at radius 2 is 2.09 bits per heavy atom. The first-order valence-electron chi connectivity index (χ1n) is 3.36. The molecule has 0 bridgehead atoms. The Bertz CT molecular complexity index is 119. The van der Waals surface area contributed by atoms with Crippen LogP contribution in [0.4, 0.5) is 8.78 Å². The summed E-state index contributed by atoms with van der Waals surface area (Å²) < 4.78 is 22.9. The van der Waals surface area contributed by atoms with Crippen molar-refractivity contribution in [1.29, 1.82) is 0 Å². The molecule has 0 fully saturated rings. The van der Waals surface area contributed by atoms with Crippen molar-refractivity contribution in [2.24, 2.45) is 0 Å². The van der Waals surface area contributed by atoms with Gasteiger partial charge in [-0.15, -0.1) is 0 Å². The first-order valence-corrected chi connectivity index (χ1v) is 3.36. The number of carbonyl (C=O) groups is 1. The summed E-state index contributed by atoms with van der Waals surface area (Å²) in [5, 5.41) is 4.95. The van der Waals surface area contributed by atoms with Gasteiger partial charge in [0.05, 0.1) is 6.54 Å². The van der Waals surface area contributed by atoms with Crippen LogP contribution < -0.4 is 10.6 Å². The fourth-order valence-corrected chi connectivity index (χ4v) is 0.538. The fraction of sp³-hybridized carbons (Fsp3) is 0.833. The zero-order valence-electron chi connectivity index (χ0n) is 6.36. The van der Waals surface area contributed by atoms with Gasteiger partial charge in [-0.2, -0.15) is 0 Å². The van der Waals surface area contributed by atoms with E-state index in [9.17, 15) is 13.6 Å². The van der Waals surface area contributed by atoms with Crippen molar-refractivity contribution < 1.29 is 13.6 Å². The van der Waals surface area contributed by atoms with Gasteiger partial charge in [0.2, 0.25) is 5.91 Å². The molecule has 0 aliphatic rings. The van der Waals surface area contributed by atoms with Gasteiger partial charge >= 0.3 is 0 Å². The van der Waals surface area contributed by atoms with E-state index in [1.165, 1.54) is 6.92 Å². The minimum atomic E-state index is -2.33. The Balaban J connectivity index is 2.97. The molecule has 0 heterocycles. The van der Waals surface area contributed by atoms with Crippen LogP contribution in [0.1, 0.15) is 6.92 Å². The molecule has 0 spiro atoms. The molecule has 11 heavy (non-hydrogen) atoms. The first-order chi connectivity index (χ1) is 5.13. The quantitative estimate of drug-likeness (QED) is 0.563. The molecular weight excluding hydrogens is 154 g/mol. The van der Waals surface area contributed by atoms with Crippen LogP contribution in [0.3, 0.4) is 0 Å². The van der Waals surface area contributed by atoms with E-state index in [4.69, 9.17) is 0 Å². The maximum absolute atomic E-state index is 11.5. The van der Waals surface area contributed by atoms with Gasteiger partial charge < -0.3 is 10.6 Å². The Kier molecular flexibility index (Phi) is 5.64. The monoisotopic (exact) mass is 166 g/mol. The molecule has 0 aromatic heterocycles. The molecule has 0 aliphatic heterocycles. The summed E-state index contributed by atoms with van der Waals surface area (Å²) in [6.07, 6.45) is -2.33. The minimum absolute atomic E-state index is 0.149. The van der Waals surface area contributed by atoms with Crippen LogP contribution in [-0.4, -0.2) is 32.0 Å². The number of hydrogen-bond acceptors (Lipinski definition) is 2. The summed E-state index contributed by atoms with van der Waals surface area (Å²) in [4.78, 5) is 10.3. The maximum Gasteiger partial charge on any atom is 0.250 e. The van der Waals surface area contributed by atoms with E-state index in [-0.39, 0.29) is 12.5 Å². The van der Waals surface area contributed by atoms with Crippen LogP contribution in [0.15, 0.2) is 0 Å². The Morgan fingerprint density at radius 1 is 1.45 bits per heavy atom. The summed E-state index contributed by atoms with van der Waals surface area (Å²) in [7, 11) is 0. The molecule has 0 saturated heterocycles. The van der Waals surface area contributed by atoms with E-state index < -0.39 is 6.43 Å². The second kappa shape index (κ2) is 6.03. The lowest BCUT2D eigenvalue weighted by molar-refractivity contribution is -0.118. The molecule has 0 rings (SSSR count). The van der Waals surface area contributed by atoms with Gasteiger partial charge in [0.15, 0.2) is 0 Å². The lowest BCUT2D eigenvalue weighted by Crippen LogP contribution is -2.32. The van der Waals surface area contributed by atoms with Gasteiger partial charge in [-0.1, -0.05) is 0 Å². The van der Waals surface area contributed by atoms with E-state index in [2.05, 4.69) is 10.6 Å². The zero-order chi connectivity index (χ0) is 8.69. The molecule has 1 amide bonds. The Labute approximate surface area is 64.2 Å². The van der Waals surface area contributed by atoms with E-state index >= 15 is 0 Å². The first kappa shape index (κ1) is 10.3. The highest BCUT2D eigenvalue weighted by molar-refractivity contribution is 5.72. The molecule has 5 heteroatoms. The van der Waals surface area contributed by atoms with Crippen molar-refractivity contribution >= 4 is 5.91 Å². The third kappa shape index (κ3) is 9.29. The smallest absolute Gasteiger partial charge is 0.250 e. The predicted octanol–water partition coefficient (Wildman–Crippen LogP) is -0.0228. The molecule has 0 unspecified atom stereocenters. The number of nitrogens with one attached hydrogen (secondary N) is 2. The van der Waals surface area contributed by atoms with Crippen LogP contribution in [0.25, 0.3) is 0 Å². The van der Waals surface area contributed by atoms with Crippen LogP contribution in [0.2, 0.25) is 0 Å². The number of halogens is 2. The normalized spacial score (nSPS) is 10.2. The van der Waals surface area contributed by atoms with Crippen molar-refractivity contribution in [2.45, 2.75) is 13.3 Å². The van der Waals surface area contributed by atoms with Gasteiger partial charge in [-0.3, -0.25) is 4.79 Å². The van der Waals surface area contributed by atoms with Crippen molar-refractivity contribution in [3.8, 4) is 0 Å². The average Bonchev–Trinajstić information content (AvgIpc) is 1.85. The summed E-state index contributed by atoms with van der Waals surface area (Å²) in [5.41, 5.74) is 0. The average molecular weight is 166 g/mol. The summed E-state index contributed by atoms with van der Waals surface area (Å²) in [6, 6.07) is 0. The van der Waals surface area contributed by atoms with Crippen LogP contribution in [0.5, 0.6) is 0 Å². The molecule has 0 atom stereocenters. The summed E-state index contributed by atoms with van der Waals surface area (Å²) >= 11 is 0. The molecule has 2 N–H and O–H groups in total. The van der Waals surface area contributed by atoms with E-state index in [0.29, 0.717) is 13.1 Å². The highest BCUT2D eigenvalue weighted by atomic mass is 19.3. The standard InChI is InChI=1S/C6H12F2N2O/c1-5(11)10-3-2-9-4-6(7)8/h6,9H,2-4H2,1H3,(H,10,11). The third-order valence-corrected chi connectivity index (χ3v) is 0.974.